The summed E-state index contributed by atoms with van der Waals surface area (Å²) in [6.45, 7) is 5.15. The molecule has 122 valence electrons. The molecular weight excluding hydrogens is 280 g/mol. The standard InChI is InChI=1S/C16H26N4O2/c21-12-2-1-7-18-16(22)20-9-4-8-19(10-11-20)14-15-5-3-6-17-13-15/h3,5-6,13,21H,1-2,4,7-12,14H2,(H,18,22). The number of carbonyl (C=O) groups is 1. The Morgan fingerprint density at radius 3 is 2.95 bits per heavy atom. The number of aromatic nitrogens is 1. The number of aliphatic hydroxyl groups excluding tert-OH is 1. The minimum absolute atomic E-state index is 0.0150. The van der Waals surface area contributed by atoms with Gasteiger partial charge in [0.05, 0.1) is 0 Å². The molecule has 1 aromatic heterocycles. The number of carbonyl (C=O) groups excluding carboxylic acids is 1. The Morgan fingerprint density at radius 2 is 2.18 bits per heavy atom. The summed E-state index contributed by atoms with van der Waals surface area (Å²) in [7, 11) is 0. The number of pyridine rings is 1. The van der Waals surface area contributed by atoms with E-state index in [-0.39, 0.29) is 12.6 Å². The first-order valence-corrected chi connectivity index (χ1v) is 8.04. The van der Waals surface area contributed by atoms with Gasteiger partial charge in [0.1, 0.15) is 0 Å². The number of rotatable bonds is 6. The van der Waals surface area contributed by atoms with Crippen LogP contribution in [0.2, 0.25) is 0 Å². The Hall–Kier alpha value is -1.66. The Labute approximate surface area is 132 Å². The molecule has 0 saturated carbocycles. The summed E-state index contributed by atoms with van der Waals surface area (Å²) in [5, 5.41) is 11.7. The third kappa shape index (κ3) is 5.61. The van der Waals surface area contributed by atoms with Gasteiger partial charge in [0.15, 0.2) is 0 Å². The molecule has 0 aromatic carbocycles. The number of hydrogen-bond acceptors (Lipinski definition) is 4. The van der Waals surface area contributed by atoms with E-state index in [0.717, 1.165) is 52.0 Å². The van der Waals surface area contributed by atoms with Crippen molar-refractivity contribution >= 4 is 6.03 Å². The quantitative estimate of drug-likeness (QED) is 0.772. The SMILES string of the molecule is O=C(NCCCCO)N1CCCN(Cc2cccnc2)CC1. The highest BCUT2D eigenvalue weighted by atomic mass is 16.3. The maximum atomic E-state index is 12.1. The van der Waals surface area contributed by atoms with Crippen molar-refractivity contribution in [3.63, 3.8) is 0 Å². The van der Waals surface area contributed by atoms with E-state index in [4.69, 9.17) is 5.11 Å². The molecule has 6 nitrogen and oxygen atoms in total. The van der Waals surface area contributed by atoms with Crippen LogP contribution in [0.15, 0.2) is 24.5 Å². The van der Waals surface area contributed by atoms with Gasteiger partial charge in [0.25, 0.3) is 0 Å². The van der Waals surface area contributed by atoms with Gasteiger partial charge in [-0.3, -0.25) is 9.88 Å². The molecule has 0 spiro atoms. The zero-order chi connectivity index (χ0) is 15.6. The predicted molar refractivity (Wildman–Crippen MR) is 85.4 cm³/mol. The second-order valence-electron chi connectivity index (χ2n) is 5.64. The van der Waals surface area contributed by atoms with E-state index >= 15 is 0 Å². The molecule has 2 N–H and O–H groups in total. The van der Waals surface area contributed by atoms with E-state index in [9.17, 15) is 4.79 Å². The van der Waals surface area contributed by atoms with Crippen molar-refractivity contribution in [3.05, 3.63) is 30.1 Å². The first kappa shape index (κ1) is 16.7. The van der Waals surface area contributed by atoms with Crippen LogP contribution in [0.1, 0.15) is 24.8 Å². The Balaban J connectivity index is 1.73. The number of aliphatic hydroxyl groups is 1. The molecule has 0 atom stereocenters. The van der Waals surface area contributed by atoms with Crippen molar-refractivity contribution in [2.45, 2.75) is 25.8 Å². The van der Waals surface area contributed by atoms with Gasteiger partial charge in [-0.15, -0.1) is 0 Å². The lowest BCUT2D eigenvalue weighted by atomic mass is 10.2. The van der Waals surface area contributed by atoms with Crippen molar-refractivity contribution in [2.75, 3.05) is 39.3 Å². The highest BCUT2D eigenvalue weighted by Gasteiger charge is 2.18. The number of nitrogens with zero attached hydrogens (tertiary/aromatic N) is 3. The fraction of sp³-hybridized carbons (Fsp3) is 0.625. The third-order valence-corrected chi connectivity index (χ3v) is 3.87. The normalized spacial score (nSPS) is 16.3. The van der Waals surface area contributed by atoms with Crippen molar-refractivity contribution in [3.8, 4) is 0 Å². The average molecular weight is 306 g/mol. The monoisotopic (exact) mass is 306 g/mol. The number of unbranched alkanes of at least 4 members (excludes halogenated alkanes) is 1. The maximum absolute atomic E-state index is 12.1. The van der Waals surface area contributed by atoms with E-state index in [2.05, 4.69) is 21.3 Å². The largest absolute Gasteiger partial charge is 0.396 e. The molecule has 1 saturated heterocycles. The molecule has 0 aliphatic carbocycles. The lowest BCUT2D eigenvalue weighted by Crippen LogP contribution is -2.42. The second kappa shape index (κ2) is 9.38. The number of amides is 2. The summed E-state index contributed by atoms with van der Waals surface area (Å²) in [6.07, 6.45) is 6.23. The van der Waals surface area contributed by atoms with E-state index < -0.39 is 0 Å². The van der Waals surface area contributed by atoms with Crippen molar-refractivity contribution in [1.82, 2.24) is 20.1 Å². The Bertz CT molecular complexity index is 441. The van der Waals surface area contributed by atoms with Crippen LogP contribution in [-0.2, 0) is 6.54 Å². The van der Waals surface area contributed by atoms with Crippen LogP contribution in [0, 0.1) is 0 Å². The maximum Gasteiger partial charge on any atom is 0.317 e. The molecule has 1 aliphatic heterocycles. The lowest BCUT2D eigenvalue weighted by Gasteiger charge is -2.22. The van der Waals surface area contributed by atoms with Crippen LogP contribution in [0.3, 0.4) is 0 Å². The molecule has 2 rings (SSSR count). The molecule has 1 fully saturated rings. The van der Waals surface area contributed by atoms with Crippen molar-refractivity contribution in [1.29, 1.82) is 0 Å². The van der Waals surface area contributed by atoms with Gasteiger partial charge in [0, 0.05) is 58.3 Å². The van der Waals surface area contributed by atoms with Gasteiger partial charge in [-0.2, -0.15) is 0 Å². The van der Waals surface area contributed by atoms with Gasteiger partial charge in [-0.25, -0.2) is 4.79 Å². The Morgan fingerprint density at radius 1 is 1.27 bits per heavy atom. The van der Waals surface area contributed by atoms with Crippen molar-refractivity contribution < 1.29 is 9.90 Å². The Kier molecular flexibility index (Phi) is 7.12. The van der Waals surface area contributed by atoms with Crippen LogP contribution < -0.4 is 5.32 Å². The number of hydrogen-bond donors (Lipinski definition) is 2. The summed E-state index contributed by atoms with van der Waals surface area (Å²) in [5.41, 5.74) is 1.21. The average Bonchev–Trinajstić information content (AvgIpc) is 2.78. The van der Waals surface area contributed by atoms with E-state index in [1.165, 1.54) is 5.56 Å². The smallest absolute Gasteiger partial charge is 0.317 e. The highest BCUT2D eigenvalue weighted by Crippen LogP contribution is 2.08. The molecule has 1 aromatic rings. The molecule has 0 bridgehead atoms. The summed E-state index contributed by atoms with van der Waals surface area (Å²) in [6, 6.07) is 4.06. The molecule has 0 radical (unpaired) electrons. The first-order chi connectivity index (χ1) is 10.8. The van der Waals surface area contributed by atoms with E-state index in [1.807, 2.05) is 17.2 Å². The van der Waals surface area contributed by atoms with Crippen LogP contribution in [-0.4, -0.2) is 65.3 Å². The summed E-state index contributed by atoms with van der Waals surface area (Å²) in [5.74, 6) is 0. The predicted octanol–water partition coefficient (Wildman–Crippen LogP) is 1.07. The minimum atomic E-state index is 0.0150. The fourth-order valence-electron chi connectivity index (χ4n) is 2.63. The summed E-state index contributed by atoms with van der Waals surface area (Å²) in [4.78, 5) is 20.5. The molecule has 1 aliphatic rings. The van der Waals surface area contributed by atoms with E-state index in [0.29, 0.717) is 6.54 Å². The van der Waals surface area contributed by atoms with Gasteiger partial charge < -0.3 is 15.3 Å². The van der Waals surface area contributed by atoms with Crippen LogP contribution in [0.25, 0.3) is 0 Å². The topological polar surface area (TPSA) is 68.7 Å². The lowest BCUT2D eigenvalue weighted by molar-refractivity contribution is 0.197. The molecule has 22 heavy (non-hydrogen) atoms. The highest BCUT2D eigenvalue weighted by molar-refractivity contribution is 5.74. The van der Waals surface area contributed by atoms with Crippen molar-refractivity contribution in [2.24, 2.45) is 0 Å². The van der Waals surface area contributed by atoms with Crippen LogP contribution in [0.4, 0.5) is 4.79 Å². The van der Waals surface area contributed by atoms with Crippen LogP contribution >= 0.6 is 0 Å². The van der Waals surface area contributed by atoms with Crippen LogP contribution in [0.5, 0.6) is 0 Å². The second-order valence-corrected chi connectivity index (χ2v) is 5.64. The zero-order valence-corrected chi connectivity index (χ0v) is 13.1. The summed E-state index contributed by atoms with van der Waals surface area (Å²) < 4.78 is 0. The van der Waals surface area contributed by atoms with Gasteiger partial charge in [0.2, 0.25) is 0 Å². The van der Waals surface area contributed by atoms with Gasteiger partial charge in [-0.05, 0) is 30.9 Å². The molecule has 2 heterocycles. The molecule has 2 amide bonds. The first-order valence-electron chi connectivity index (χ1n) is 8.04. The van der Waals surface area contributed by atoms with Gasteiger partial charge >= 0.3 is 6.03 Å². The molecular formula is C16H26N4O2. The van der Waals surface area contributed by atoms with E-state index in [1.54, 1.807) is 6.20 Å². The molecule has 0 unspecified atom stereocenters. The number of urea groups is 1. The minimum Gasteiger partial charge on any atom is -0.396 e. The number of nitrogens with one attached hydrogen (secondary N) is 1. The zero-order valence-electron chi connectivity index (χ0n) is 13.1. The van der Waals surface area contributed by atoms with Gasteiger partial charge in [-0.1, -0.05) is 6.07 Å². The molecule has 6 heteroatoms. The summed E-state index contributed by atoms with van der Waals surface area (Å²) >= 11 is 0. The fourth-order valence-corrected chi connectivity index (χ4v) is 2.63. The third-order valence-electron chi connectivity index (χ3n) is 3.87.